The molecule has 14 heavy (non-hydrogen) atoms. The van der Waals surface area contributed by atoms with Crippen LogP contribution in [0, 0.1) is 0 Å². The number of hydrogen-bond acceptors (Lipinski definition) is 2. The highest BCUT2D eigenvalue weighted by atomic mass is 16.4. The summed E-state index contributed by atoms with van der Waals surface area (Å²) in [6.45, 7) is 8.17. The van der Waals surface area contributed by atoms with Gasteiger partial charge in [0, 0.05) is 0 Å². The van der Waals surface area contributed by atoms with Crippen LogP contribution in [0.1, 0.15) is 46.5 Å². The molecule has 0 aliphatic rings. The number of hydrogen-bond donors (Lipinski definition) is 0. The molecule has 0 N–H and O–H groups in total. The number of quaternary nitrogens is 1. The van der Waals surface area contributed by atoms with E-state index >= 15 is 0 Å². The van der Waals surface area contributed by atoms with Gasteiger partial charge in [0.1, 0.15) is 0 Å². The number of carboxylic acid groups (broad SMARTS) is 1. The van der Waals surface area contributed by atoms with Crippen molar-refractivity contribution >= 4 is 6.09 Å². The van der Waals surface area contributed by atoms with Crippen LogP contribution in [0.25, 0.3) is 0 Å². The zero-order valence-corrected chi connectivity index (χ0v) is 9.71. The summed E-state index contributed by atoms with van der Waals surface area (Å²) >= 11 is 0. The Kier molecular flexibility index (Phi) is 6.54. The Bertz CT molecular complexity index is 161. The van der Waals surface area contributed by atoms with Gasteiger partial charge in [0.2, 0.25) is 0 Å². The van der Waals surface area contributed by atoms with Crippen molar-refractivity contribution in [3.8, 4) is 0 Å². The second-order valence-electron chi connectivity index (χ2n) is 3.88. The van der Waals surface area contributed by atoms with Gasteiger partial charge in [-0.15, -0.1) is 0 Å². The van der Waals surface area contributed by atoms with Crippen LogP contribution in [0.4, 0.5) is 4.79 Å². The van der Waals surface area contributed by atoms with Crippen LogP contribution in [0.2, 0.25) is 0 Å². The van der Waals surface area contributed by atoms with Crippen molar-refractivity contribution in [2.24, 2.45) is 0 Å². The lowest BCUT2D eigenvalue weighted by Crippen LogP contribution is -2.59. The summed E-state index contributed by atoms with van der Waals surface area (Å²) in [6.07, 6.45) is 3.10. The average molecular weight is 201 g/mol. The number of nitrogens with zero attached hydrogens (tertiary/aromatic N) is 1. The van der Waals surface area contributed by atoms with Crippen molar-refractivity contribution in [3.05, 3.63) is 0 Å². The van der Waals surface area contributed by atoms with Gasteiger partial charge >= 0.3 is 0 Å². The summed E-state index contributed by atoms with van der Waals surface area (Å²) in [5.74, 6) is 0. The fraction of sp³-hybridized carbons (Fsp3) is 0.909. The Morgan fingerprint density at radius 3 is 1.71 bits per heavy atom. The van der Waals surface area contributed by atoms with E-state index < -0.39 is 6.09 Å². The normalized spacial score (nSPS) is 11.6. The topological polar surface area (TPSA) is 40.1 Å². The van der Waals surface area contributed by atoms with Crippen molar-refractivity contribution in [2.45, 2.75) is 46.5 Å². The van der Waals surface area contributed by atoms with Crippen LogP contribution < -0.4 is 5.11 Å². The summed E-state index contributed by atoms with van der Waals surface area (Å²) in [6, 6.07) is 0. The van der Waals surface area contributed by atoms with Gasteiger partial charge < -0.3 is 9.90 Å². The lowest BCUT2D eigenvalue weighted by Gasteiger charge is -2.37. The van der Waals surface area contributed by atoms with E-state index in [2.05, 4.69) is 13.8 Å². The predicted molar refractivity (Wildman–Crippen MR) is 55.7 cm³/mol. The molecule has 0 spiro atoms. The number of carbonyl (C=O) groups is 1. The lowest BCUT2D eigenvalue weighted by atomic mass is 10.2. The molecule has 0 atom stereocenters. The van der Waals surface area contributed by atoms with Crippen LogP contribution in [0.15, 0.2) is 0 Å². The smallest absolute Gasteiger partial charge is 0.257 e. The molecule has 0 radical (unpaired) electrons. The lowest BCUT2D eigenvalue weighted by molar-refractivity contribution is -0.875. The molecule has 0 aromatic carbocycles. The maximum Gasteiger partial charge on any atom is 0.257 e. The van der Waals surface area contributed by atoms with Crippen LogP contribution in [0.3, 0.4) is 0 Å². The summed E-state index contributed by atoms with van der Waals surface area (Å²) < 4.78 is 0.141. The fourth-order valence-electron chi connectivity index (χ4n) is 1.66. The van der Waals surface area contributed by atoms with Crippen molar-refractivity contribution in [1.29, 1.82) is 0 Å². The maximum atomic E-state index is 11.1. The Labute approximate surface area is 87.3 Å². The van der Waals surface area contributed by atoms with E-state index in [1.807, 2.05) is 6.92 Å². The molecule has 0 fully saturated rings. The highest BCUT2D eigenvalue weighted by Crippen LogP contribution is 2.11. The van der Waals surface area contributed by atoms with Crippen molar-refractivity contribution < 1.29 is 14.4 Å². The molecule has 0 saturated heterocycles. The van der Waals surface area contributed by atoms with E-state index in [1.165, 1.54) is 0 Å². The first-order chi connectivity index (χ1) is 6.63. The summed E-state index contributed by atoms with van der Waals surface area (Å²) in [5.41, 5.74) is 0. The number of amides is 1. The second kappa shape index (κ2) is 6.82. The van der Waals surface area contributed by atoms with Gasteiger partial charge in [-0.1, -0.05) is 26.7 Å². The molecule has 0 heterocycles. The molecule has 0 unspecified atom stereocenters. The molecule has 0 aliphatic heterocycles. The van der Waals surface area contributed by atoms with E-state index in [0.717, 1.165) is 38.8 Å². The monoisotopic (exact) mass is 201 g/mol. The Morgan fingerprint density at radius 2 is 1.50 bits per heavy atom. The van der Waals surface area contributed by atoms with E-state index in [-0.39, 0.29) is 4.48 Å². The molecule has 0 bridgehead atoms. The Morgan fingerprint density at radius 1 is 1.07 bits per heavy atom. The Balaban J connectivity index is 4.35. The summed E-state index contributed by atoms with van der Waals surface area (Å²) in [5, 5.41) is 11.1. The van der Waals surface area contributed by atoms with Crippen LogP contribution in [-0.2, 0) is 0 Å². The van der Waals surface area contributed by atoms with Gasteiger partial charge in [-0.2, -0.15) is 0 Å². The Hall–Kier alpha value is -0.570. The molecule has 0 aliphatic carbocycles. The largest absolute Gasteiger partial charge is 0.498 e. The van der Waals surface area contributed by atoms with Gasteiger partial charge in [-0.3, -0.25) is 4.48 Å². The van der Waals surface area contributed by atoms with E-state index in [0.29, 0.717) is 6.54 Å². The molecule has 3 nitrogen and oxygen atoms in total. The molecule has 0 aromatic rings. The first kappa shape index (κ1) is 13.4. The highest BCUT2D eigenvalue weighted by Gasteiger charge is 2.26. The molecule has 0 saturated carbocycles. The fourth-order valence-corrected chi connectivity index (χ4v) is 1.66. The van der Waals surface area contributed by atoms with Gasteiger partial charge in [0.25, 0.3) is 6.09 Å². The molecule has 1 amide bonds. The zero-order valence-electron chi connectivity index (χ0n) is 9.71. The zero-order chi connectivity index (χ0) is 11.0. The molecular weight excluding hydrogens is 178 g/mol. The van der Waals surface area contributed by atoms with Gasteiger partial charge in [-0.05, 0) is 19.8 Å². The van der Waals surface area contributed by atoms with Gasteiger partial charge in [0.05, 0.1) is 19.6 Å². The van der Waals surface area contributed by atoms with Crippen LogP contribution in [-0.4, -0.2) is 30.2 Å². The number of carbonyl (C=O) groups excluding carboxylic acids is 1. The highest BCUT2D eigenvalue weighted by molar-refractivity contribution is 5.53. The van der Waals surface area contributed by atoms with Crippen molar-refractivity contribution in [2.75, 3.05) is 19.6 Å². The maximum absolute atomic E-state index is 11.1. The van der Waals surface area contributed by atoms with Crippen molar-refractivity contribution in [1.82, 2.24) is 0 Å². The SMILES string of the molecule is CCCC[N+](CC)(CCCC)C(=O)[O-]. The van der Waals surface area contributed by atoms with E-state index in [4.69, 9.17) is 0 Å². The van der Waals surface area contributed by atoms with Gasteiger partial charge in [-0.25, -0.2) is 0 Å². The molecular formula is C11H23NO2. The minimum Gasteiger partial charge on any atom is -0.498 e. The molecule has 0 rings (SSSR count). The molecule has 0 aromatic heterocycles. The first-order valence-corrected chi connectivity index (χ1v) is 5.70. The van der Waals surface area contributed by atoms with Crippen LogP contribution >= 0.6 is 0 Å². The molecule has 3 heteroatoms. The second-order valence-corrected chi connectivity index (χ2v) is 3.88. The van der Waals surface area contributed by atoms with E-state index in [9.17, 15) is 9.90 Å². The standard InChI is InChI=1S/C11H23NO2/c1-4-7-9-12(6-3,11(13)14)10-8-5-2/h4-10H2,1-3H3. The minimum atomic E-state index is -0.908. The average Bonchev–Trinajstić information content (AvgIpc) is 2.18. The summed E-state index contributed by atoms with van der Waals surface area (Å²) in [7, 11) is 0. The third-order valence-electron chi connectivity index (χ3n) is 2.87. The minimum absolute atomic E-state index is 0.141. The predicted octanol–water partition coefficient (Wildman–Crippen LogP) is 1.77. The quantitative estimate of drug-likeness (QED) is 0.589. The van der Waals surface area contributed by atoms with Crippen LogP contribution in [0.5, 0.6) is 0 Å². The van der Waals surface area contributed by atoms with E-state index in [1.54, 1.807) is 0 Å². The van der Waals surface area contributed by atoms with Crippen molar-refractivity contribution in [3.63, 3.8) is 0 Å². The number of rotatable bonds is 7. The first-order valence-electron chi connectivity index (χ1n) is 5.70. The third-order valence-corrected chi connectivity index (χ3v) is 2.87. The third kappa shape index (κ3) is 3.66. The van der Waals surface area contributed by atoms with Gasteiger partial charge in [0.15, 0.2) is 0 Å². The number of unbranched alkanes of at least 4 members (excludes halogenated alkanes) is 2. The summed E-state index contributed by atoms with van der Waals surface area (Å²) in [4.78, 5) is 11.1. The molecule has 84 valence electrons.